The Kier molecular flexibility index (Phi) is 3.09. The first-order valence-corrected chi connectivity index (χ1v) is 5.14. The molecule has 0 unspecified atom stereocenters. The van der Waals surface area contributed by atoms with Crippen LogP contribution in [-0.4, -0.2) is 22.0 Å². The van der Waals surface area contributed by atoms with Crippen LogP contribution in [0.2, 0.25) is 0 Å². The monoisotopic (exact) mass is 246 g/mol. The van der Waals surface area contributed by atoms with E-state index in [1.54, 1.807) is 19.1 Å². The van der Waals surface area contributed by atoms with Gasteiger partial charge in [-0.2, -0.15) is 0 Å². The van der Waals surface area contributed by atoms with Crippen LogP contribution in [0.25, 0.3) is 0 Å². The van der Waals surface area contributed by atoms with Crippen LogP contribution in [0.5, 0.6) is 0 Å². The quantitative estimate of drug-likeness (QED) is 0.863. The molecule has 0 aliphatic heterocycles. The van der Waals surface area contributed by atoms with Crippen molar-refractivity contribution in [1.82, 2.24) is 4.98 Å². The first-order chi connectivity index (χ1) is 8.56. The number of carboxylic acid groups (broad SMARTS) is 1. The van der Waals surface area contributed by atoms with Crippen molar-refractivity contribution in [1.29, 1.82) is 0 Å². The molecule has 18 heavy (non-hydrogen) atoms. The first-order valence-electron chi connectivity index (χ1n) is 5.14. The number of carbonyl (C=O) groups excluding carboxylic acids is 1. The molecule has 0 saturated carbocycles. The van der Waals surface area contributed by atoms with E-state index in [1.807, 2.05) is 0 Å². The van der Waals surface area contributed by atoms with Crippen LogP contribution >= 0.6 is 0 Å². The molecule has 6 nitrogen and oxygen atoms in total. The molecule has 0 aromatic carbocycles. The molecule has 0 aliphatic rings. The van der Waals surface area contributed by atoms with Crippen molar-refractivity contribution in [3.63, 3.8) is 0 Å². The normalized spacial score (nSPS) is 10.1. The van der Waals surface area contributed by atoms with Crippen LogP contribution in [0.15, 0.2) is 34.7 Å². The summed E-state index contributed by atoms with van der Waals surface area (Å²) in [5.41, 5.74) is -0.165. The number of rotatable bonds is 3. The van der Waals surface area contributed by atoms with E-state index in [0.29, 0.717) is 11.6 Å². The highest BCUT2D eigenvalue weighted by Crippen LogP contribution is 2.13. The Morgan fingerprint density at radius 1 is 1.22 bits per heavy atom. The number of carbonyl (C=O) groups is 2. The molecular formula is C12H10N2O4. The minimum Gasteiger partial charge on any atom is -0.477 e. The van der Waals surface area contributed by atoms with Crippen molar-refractivity contribution in [2.45, 2.75) is 6.92 Å². The molecular weight excluding hydrogens is 236 g/mol. The number of nitrogens with one attached hydrogen (secondary N) is 1. The summed E-state index contributed by atoms with van der Waals surface area (Å²) in [5.74, 6) is -0.747. The van der Waals surface area contributed by atoms with Gasteiger partial charge in [-0.1, -0.05) is 6.07 Å². The van der Waals surface area contributed by atoms with E-state index in [0.717, 1.165) is 0 Å². The Morgan fingerprint density at radius 3 is 2.56 bits per heavy atom. The van der Waals surface area contributed by atoms with Crippen molar-refractivity contribution in [3.8, 4) is 0 Å². The summed E-state index contributed by atoms with van der Waals surface area (Å²) in [7, 11) is 0. The lowest BCUT2D eigenvalue weighted by Crippen LogP contribution is -2.15. The molecule has 0 atom stereocenters. The Hall–Kier alpha value is -2.63. The zero-order chi connectivity index (χ0) is 13.1. The third-order valence-corrected chi connectivity index (χ3v) is 2.18. The molecule has 0 fully saturated rings. The number of aromatic nitrogens is 1. The predicted molar refractivity (Wildman–Crippen MR) is 62.6 cm³/mol. The van der Waals surface area contributed by atoms with Crippen LogP contribution in [0.4, 0.5) is 5.88 Å². The van der Waals surface area contributed by atoms with Crippen molar-refractivity contribution < 1.29 is 19.1 Å². The standard InChI is InChI=1S/C12H10N2O4/c1-7-5-6-10(18-7)14-11(15)8-3-2-4-9(13-8)12(16)17/h2-6H,1H3,(H,14,15)(H,16,17). The number of aryl methyl sites for hydroxylation is 1. The Bertz CT molecular complexity index is 604. The fraction of sp³-hybridized carbons (Fsp3) is 0.0833. The summed E-state index contributed by atoms with van der Waals surface area (Å²) in [6, 6.07) is 7.51. The molecule has 2 aromatic rings. The number of anilines is 1. The van der Waals surface area contributed by atoms with E-state index in [9.17, 15) is 9.59 Å². The highest BCUT2D eigenvalue weighted by atomic mass is 16.4. The number of furan rings is 1. The van der Waals surface area contributed by atoms with Gasteiger partial charge < -0.3 is 9.52 Å². The maximum Gasteiger partial charge on any atom is 0.354 e. The molecule has 0 radical (unpaired) electrons. The van der Waals surface area contributed by atoms with E-state index in [1.165, 1.54) is 18.2 Å². The molecule has 2 rings (SSSR count). The zero-order valence-corrected chi connectivity index (χ0v) is 9.51. The third kappa shape index (κ3) is 2.54. The molecule has 0 aliphatic carbocycles. The minimum atomic E-state index is -1.18. The van der Waals surface area contributed by atoms with Gasteiger partial charge in [-0.3, -0.25) is 10.1 Å². The molecule has 1 amide bonds. The Balaban J connectivity index is 2.18. The predicted octanol–water partition coefficient (Wildman–Crippen LogP) is 1.93. The lowest BCUT2D eigenvalue weighted by atomic mass is 10.3. The summed E-state index contributed by atoms with van der Waals surface area (Å²) in [6.07, 6.45) is 0. The Morgan fingerprint density at radius 2 is 1.94 bits per heavy atom. The second kappa shape index (κ2) is 4.70. The van der Waals surface area contributed by atoms with Gasteiger partial charge in [0.1, 0.15) is 17.1 Å². The first kappa shape index (κ1) is 11.8. The molecule has 2 heterocycles. The number of hydrogen-bond acceptors (Lipinski definition) is 4. The SMILES string of the molecule is Cc1ccc(NC(=O)c2cccc(C(=O)O)n2)o1. The average Bonchev–Trinajstić information content (AvgIpc) is 2.75. The van der Waals surface area contributed by atoms with Crippen molar-refractivity contribution in [3.05, 3.63) is 47.5 Å². The summed E-state index contributed by atoms with van der Waals surface area (Å²) in [5, 5.41) is 11.3. The molecule has 92 valence electrons. The lowest BCUT2D eigenvalue weighted by Gasteiger charge is -2.02. The second-order valence-corrected chi connectivity index (χ2v) is 3.58. The van der Waals surface area contributed by atoms with E-state index in [-0.39, 0.29) is 11.4 Å². The molecule has 0 bridgehead atoms. The van der Waals surface area contributed by atoms with Gasteiger partial charge in [0.15, 0.2) is 5.88 Å². The number of nitrogens with zero attached hydrogens (tertiary/aromatic N) is 1. The van der Waals surface area contributed by atoms with E-state index in [4.69, 9.17) is 9.52 Å². The molecule has 2 N–H and O–H groups in total. The molecule has 0 spiro atoms. The fourth-order valence-electron chi connectivity index (χ4n) is 1.36. The number of pyridine rings is 1. The van der Waals surface area contributed by atoms with E-state index in [2.05, 4.69) is 10.3 Å². The van der Waals surface area contributed by atoms with E-state index >= 15 is 0 Å². The van der Waals surface area contributed by atoms with Crippen LogP contribution in [0.1, 0.15) is 26.7 Å². The smallest absolute Gasteiger partial charge is 0.354 e. The molecule has 6 heteroatoms. The van der Waals surface area contributed by atoms with Crippen LogP contribution in [-0.2, 0) is 0 Å². The van der Waals surface area contributed by atoms with Gasteiger partial charge in [0.2, 0.25) is 0 Å². The van der Waals surface area contributed by atoms with Crippen molar-refractivity contribution in [2.75, 3.05) is 5.32 Å². The van der Waals surface area contributed by atoms with Gasteiger partial charge in [-0.25, -0.2) is 9.78 Å². The van der Waals surface area contributed by atoms with Gasteiger partial charge in [-0.15, -0.1) is 0 Å². The van der Waals surface area contributed by atoms with Crippen LogP contribution in [0, 0.1) is 6.92 Å². The van der Waals surface area contributed by atoms with Gasteiger partial charge in [0, 0.05) is 6.07 Å². The van der Waals surface area contributed by atoms with Gasteiger partial charge in [0.05, 0.1) is 0 Å². The maximum absolute atomic E-state index is 11.8. The number of aromatic carboxylic acids is 1. The second-order valence-electron chi connectivity index (χ2n) is 3.58. The zero-order valence-electron chi connectivity index (χ0n) is 9.51. The number of amides is 1. The van der Waals surface area contributed by atoms with Crippen LogP contribution in [0.3, 0.4) is 0 Å². The van der Waals surface area contributed by atoms with E-state index < -0.39 is 11.9 Å². The fourth-order valence-corrected chi connectivity index (χ4v) is 1.36. The topological polar surface area (TPSA) is 92.4 Å². The summed E-state index contributed by atoms with van der Waals surface area (Å²) >= 11 is 0. The average molecular weight is 246 g/mol. The number of carboxylic acids is 1. The Labute approximate surface area is 102 Å². The van der Waals surface area contributed by atoms with Gasteiger partial charge in [-0.05, 0) is 25.1 Å². The van der Waals surface area contributed by atoms with Crippen LogP contribution < -0.4 is 5.32 Å². The largest absolute Gasteiger partial charge is 0.477 e. The molecule has 2 aromatic heterocycles. The third-order valence-electron chi connectivity index (χ3n) is 2.18. The summed E-state index contributed by atoms with van der Waals surface area (Å²) in [6.45, 7) is 1.75. The van der Waals surface area contributed by atoms with Crippen molar-refractivity contribution >= 4 is 17.8 Å². The number of hydrogen-bond donors (Lipinski definition) is 2. The maximum atomic E-state index is 11.8. The highest BCUT2D eigenvalue weighted by Gasteiger charge is 2.12. The van der Waals surface area contributed by atoms with Gasteiger partial charge in [0.25, 0.3) is 5.91 Å². The van der Waals surface area contributed by atoms with Gasteiger partial charge >= 0.3 is 5.97 Å². The minimum absolute atomic E-state index is 0.0175. The molecule has 0 saturated heterocycles. The lowest BCUT2D eigenvalue weighted by molar-refractivity contribution is 0.0690. The highest BCUT2D eigenvalue weighted by molar-refractivity contribution is 6.02. The van der Waals surface area contributed by atoms with Crippen molar-refractivity contribution in [2.24, 2.45) is 0 Å². The summed E-state index contributed by atoms with van der Waals surface area (Å²) < 4.78 is 5.18. The summed E-state index contributed by atoms with van der Waals surface area (Å²) in [4.78, 5) is 26.2.